The Morgan fingerprint density at radius 2 is 2.00 bits per heavy atom. The van der Waals surface area contributed by atoms with Crippen molar-refractivity contribution in [2.24, 2.45) is 11.7 Å². The zero-order valence-electron chi connectivity index (χ0n) is 14.9. The van der Waals surface area contributed by atoms with Crippen molar-refractivity contribution in [3.8, 4) is 11.5 Å². The summed E-state index contributed by atoms with van der Waals surface area (Å²) in [6.07, 6.45) is 1.90. The maximum Gasteiger partial charge on any atom is 0.152 e. The third-order valence-electron chi connectivity index (χ3n) is 5.15. The summed E-state index contributed by atoms with van der Waals surface area (Å²) in [6, 6.07) is 14.7. The van der Waals surface area contributed by atoms with Crippen LogP contribution in [0.25, 0.3) is 11.5 Å². The van der Waals surface area contributed by atoms with E-state index < -0.39 is 0 Å². The average Bonchev–Trinajstić information content (AvgIpc) is 3.35. The van der Waals surface area contributed by atoms with Crippen LogP contribution in [0.15, 0.2) is 53.1 Å². The van der Waals surface area contributed by atoms with Crippen LogP contribution in [0.5, 0.6) is 0 Å². The van der Waals surface area contributed by atoms with Crippen LogP contribution in [-0.4, -0.2) is 34.7 Å². The molecule has 3 aromatic rings. The molecule has 1 saturated heterocycles. The minimum Gasteiger partial charge on any atom is -0.460 e. The summed E-state index contributed by atoms with van der Waals surface area (Å²) in [5.41, 5.74) is 9.58. The molecular formula is C20H25ClN4O. The van der Waals surface area contributed by atoms with Crippen molar-refractivity contribution in [3.05, 3.63) is 65.5 Å². The molecular weight excluding hydrogens is 348 g/mol. The molecule has 6 heteroatoms. The van der Waals surface area contributed by atoms with Crippen LogP contribution in [0, 0.1) is 12.8 Å². The van der Waals surface area contributed by atoms with E-state index in [1.807, 2.05) is 25.3 Å². The van der Waals surface area contributed by atoms with Gasteiger partial charge in [-0.2, -0.15) is 5.10 Å². The Balaban J connectivity index is 0.00000196. The predicted molar refractivity (Wildman–Crippen MR) is 105 cm³/mol. The van der Waals surface area contributed by atoms with Gasteiger partial charge in [0.15, 0.2) is 5.76 Å². The number of aromatic nitrogens is 2. The minimum absolute atomic E-state index is 0. The maximum absolute atomic E-state index is 6.06. The Bertz CT molecular complexity index is 829. The molecule has 0 bridgehead atoms. The molecule has 3 N–H and O–H groups in total. The Hall–Kier alpha value is -2.08. The normalized spacial score (nSPS) is 20.2. The highest BCUT2D eigenvalue weighted by molar-refractivity contribution is 5.85. The number of nitrogens with zero attached hydrogens (tertiary/aromatic N) is 2. The van der Waals surface area contributed by atoms with Gasteiger partial charge >= 0.3 is 0 Å². The van der Waals surface area contributed by atoms with Crippen molar-refractivity contribution in [2.75, 3.05) is 19.6 Å². The molecule has 2 atom stereocenters. The van der Waals surface area contributed by atoms with E-state index in [9.17, 15) is 0 Å². The van der Waals surface area contributed by atoms with Crippen LogP contribution >= 0.6 is 12.4 Å². The third kappa shape index (κ3) is 3.70. The van der Waals surface area contributed by atoms with Crippen LogP contribution in [0.2, 0.25) is 0 Å². The molecule has 0 radical (unpaired) electrons. The number of halogens is 1. The maximum atomic E-state index is 6.06. The zero-order chi connectivity index (χ0) is 17.2. The molecule has 138 valence electrons. The fourth-order valence-electron chi connectivity index (χ4n) is 3.86. The van der Waals surface area contributed by atoms with Crippen molar-refractivity contribution < 1.29 is 4.42 Å². The number of aromatic amines is 1. The van der Waals surface area contributed by atoms with E-state index in [4.69, 9.17) is 10.2 Å². The lowest BCUT2D eigenvalue weighted by atomic mass is 9.89. The van der Waals surface area contributed by atoms with E-state index in [0.29, 0.717) is 18.4 Å². The second-order valence-corrected chi connectivity index (χ2v) is 6.89. The average molecular weight is 373 g/mol. The highest BCUT2D eigenvalue weighted by atomic mass is 35.5. The second kappa shape index (κ2) is 8.08. The zero-order valence-corrected chi connectivity index (χ0v) is 15.7. The quantitative estimate of drug-likeness (QED) is 0.718. The standard InChI is InChI=1S/C20H24N4O.ClH/c1-14-7-8-19(25-14)20-17(10-22-23-20)12-24-11-16(9-21)18(13-24)15-5-3-2-4-6-15;/h2-8,10,16,18H,9,11-13,21H2,1H3,(H,22,23);1H/t16-,18+;/m1./s1. The van der Waals surface area contributed by atoms with Gasteiger partial charge in [0.25, 0.3) is 0 Å². The van der Waals surface area contributed by atoms with Crippen molar-refractivity contribution >= 4 is 12.4 Å². The van der Waals surface area contributed by atoms with E-state index in [0.717, 1.165) is 36.8 Å². The Morgan fingerprint density at radius 3 is 2.69 bits per heavy atom. The monoisotopic (exact) mass is 372 g/mol. The van der Waals surface area contributed by atoms with E-state index in [1.165, 1.54) is 11.1 Å². The number of hydrogen-bond acceptors (Lipinski definition) is 4. The Morgan fingerprint density at radius 1 is 1.19 bits per heavy atom. The summed E-state index contributed by atoms with van der Waals surface area (Å²) < 4.78 is 5.76. The van der Waals surface area contributed by atoms with Crippen LogP contribution < -0.4 is 5.73 Å². The van der Waals surface area contributed by atoms with Gasteiger partial charge in [0, 0.05) is 31.1 Å². The molecule has 1 fully saturated rings. The summed E-state index contributed by atoms with van der Waals surface area (Å²) in [5, 5.41) is 7.31. The highest BCUT2D eigenvalue weighted by Crippen LogP contribution is 2.34. The summed E-state index contributed by atoms with van der Waals surface area (Å²) >= 11 is 0. The second-order valence-electron chi connectivity index (χ2n) is 6.89. The van der Waals surface area contributed by atoms with Crippen LogP contribution in [0.4, 0.5) is 0 Å². The molecule has 26 heavy (non-hydrogen) atoms. The molecule has 2 aromatic heterocycles. The summed E-state index contributed by atoms with van der Waals surface area (Å²) in [5.74, 6) is 2.74. The molecule has 0 unspecified atom stereocenters. The van der Waals surface area contributed by atoms with Crippen molar-refractivity contribution in [1.82, 2.24) is 15.1 Å². The topological polar surface area (TPSA) is 71.1 Å². The van der Waals surface area contributed by atoms with Gasteiger partial charge in [0.1, 0.15) is 11.5 Å². The number of rotatable bonds is 5. The van der Waals surface area contributed by atoms with Gasteiger partial charge in [-0.05, 0) is 37.1 Å². The molecule has 1 aliphatic rings. The lowest BCUT2D eigenvalue weighted by Crippen LogP contribution is -2.23. The first kappa shape index (κ1) is 18.7. The Kier molecular flexibility index (Phi) is 5.81. The number of nitrogens with two attached hydrogens (primary N) is 1. The van der Waals surface area contributed by atoms with Crippen molar-refractivity contribution in [1.29, 1.82) is 0 Å². The number of furan rings is 1. The minimum atomic E-state index is 0. The lowest BCUT2D eigenvalue weighted by Gasteiger charge is -2.16. The number of H-pyrrole nitrogens is 1. The van der Waals surface area contributed by atoms with Gasteiger partial charge in [0.05, 0.1) is 6.20 Å². The molecule has 1 aliphatic heterocycles. The van der Waals surface area contributed by atoms with Crippen molar-refractivity contribution in [3.63, 3.8) is 0 Å². The predicted octanol–water partition coefficient (Wildman–Crippen LogP) is 3.57. The van der Waals surface area contributed by atoms with Crippen LogP contribution in [0.1, 0.15) is 22.8 Å². The van der Waals surface area contributed by atoms with E-state index >= 15 is 0 Å². The fraction of sp³-hybridized carbons (Fsp3) is 0.350. The number of nitrogens with one attached hydrogen (secondary N) is 1. The molecule has 4 rings (SSSR count). The summed E-state index contributed by atoms with van der Waals surface area (Å²) in [6.45, 7) is 5.55. The largest absolute Gasteiger partial charge is 0.460 e. The van der Waals surface area contributed by atoms with Gasteiger partial charge < -0.3 is 10.2 Å². The summed E-state index contributed by atoms with van der Waals surface area (Å²) in [7, 11) is 0. The van der Waals surface area contributed by atoms with E-state index in [-0.39, 0.29) is 12.4 Å². The van der Waals surface area contributed by atoms with Gasteiger partial charge in [-0.25, -0.2) is 0 Å². The third-order valence-corrected chi connectivity index (χ3v) is 5.15. The van der Waals surface area contributed by atoms with Crippen LogP contribution in [0.3, 0.4) is 0 Å². The Labute approximate surface area is 160 Å². The smallest absolute Gasteiger partial charge is 0.152 e. The molecule has 5 nitrogen and oxygen atoms in total. The molecule has 0 saturated carbocycles. The number of benzene rings is 1. The fourth-order valence-corrected chi connectivity index (χ4v) is 3.86. The number of hydrogen-bond donors (Lipinski definition) is 2. The van der Waals surface area contributed by atoms with Gasteiger partial charge in [0.2, 0.25) is 0 Å². The molecule has 1 aromatic carbocycles. The highest BCUT2D eigenvalue weighted by Gasteiger charge is 2.33. The SMILES string of the molecule is Cc1ccc(-c2[nH]ncc2CN2C[C@@H](CN)[C@H](c3ccccc3)C2)o1.Cl. The van der Waals surface area contributed by atoms with Gasteiger partial charge in [-0.3, -0.25) is 10.00 Å². The molecule has 0 amide bonds. The van der Waals surface area contributed by atoms with Gasteiger partial charge in [-0.1, -0.05) is 30.3 Å². The first-order chi connectivity index (χ1) is 12.2. The first-order valence-corrected chi connectivity index (χ1v) is 8.81. The molecule has 3 heterocycles. The number of likely N-dealkylation sites (tertiary alicyclic amines) is 1. The molecule has 0 aliphatic carbocycles. The van der Waals surface area contributed by atoms with E-state index in [2.05, 4.69) is 45.4 Å². The van der Waals surface area contributed by atoms with Crippen LogP contribution in [-0.2, 0) is 6.54 Å². The van der Waals surface area contributed by atoms with Crippen molar-refractivity contribution in [2.45, 2.75) is 19.4 Å². The summed E-state index contributed by atoms with van der Waals surface area (Å²) in [4.78, 5) is 2.47. The lowest BCUT2D eigenvalue weighted by molar-refractivity contribution is 0.317. The number of aryl methyl sites for hydroxylation is 1. The van der Waals surface area contributed by atoms with Gasteiger partial charge in [-0.15, -0.1) is 12.4 Å². The van der Waals surface area contributed by atoms with E-state index in [1.54, 1.807) is 0 Å². The first-order valence-electron chi connectivity index (χ1n) is 8.81. The molecule has 0 spiro atoms.